The number of hydrazine groups is 1. The van der Waals surface area contributed by atoms with Gasteiger partial charge in [0.25, 0.3) is 10.0 Å². The van der Waals surface area contributed by atoms with Crippen molar-refractivity contribution in [2.24, 2.45) is 5.84 Å². The molecule has 4 N–H and O–H groups in total. The number of nitrogen functional groups attached to an aromatic ring is 1. The van der Waals surface area contributed by atoms with Crippen molar-refractivity contribution in [1.29, 1.82) is 5.26 Å². The van der Waals surface area contributed by atoms with Crippen molar-refractivity contribution in [3.05, 3.63) is 54.1 Å². The van der Waals surface area contributed by atoms with Crippen molar-refractivity contribution < 1.29 is 8.42 Å². The van der Waals surface area contributed by atoms with E-state index in [0.717, 1.165) is 0 Å². The van der Waals surface area contributed by atoms with Crippen LogP contribution in [0.1, 0.15) is 5.56 Å². The number of nitrogens with one attached hydrogen (secondary N) is 2. The summed E-state index contributed by atoms with van der Waals surface area (Å²) in [7, 11) is -3.66. The molecular formula is C13H12N4O2S. The zero-order valence-corrected chi connectivity index (χ0v) is 11.2. The maximum absolute atomic E-state index is 12.1. The van der Waals surface area contributed by atoms with Crippen LogP contribution in [0.15, 0.2) is 53.4 Å². The highest BCUT2D eigenvalue weighted by Gasteiger charge is 2.13. The average molecular weight is 288 g/mol. The zero-order valence-electron chi connectivity index (χ0n) is 10.4. The van der Waals surface area contributed by atoms with Crippen LogP contribution in [-0.4, -0.2) is 8.42 Å². The summed E-state index contributed by atoms with van der Waals surface area (Å²) in [6.07, 6.45) is 0. The molecule has 0 heterocycles. The van der Waals surface area contributed by atoms with Gasteiger partial charge in [0.1, 0.15) is 0 Å². The molecule has 0 atom stereocenters. The molecule has 7 heteroatoms. The van der Waals surface area contributed by atoms with Crippen LogP contribution < -0.4 is 16.0 Å². The molecule has 0 spiro atoms. The lowest BCUT2D eigenvalue weighted by atomic mass is 10.2. The first-order valence-corrected chi connectivity index (χ1v) is 7.13. The number of sulfonamides is 1. The van der Waals surface area contributed by atoms with Crippen molar-refractivity contribution in [3.63, 3.8) is 0 Å². The van der Waals surface area contributed by atoms with E-state index in [1.54, 1.807) is 24.3 Å². The molecule has 0 saturated carbocycles. The summed E-state index contributed by atoms with van der Waals surface area (Å²) in [4.78, 5) is 0.126. The molecular weight excluding hydrogens is 276 g/mol. The number of nitrogens with two attached hydrogens (primary N) is 1. The van der Waals surface area contributed by atoms with Gasteiger partial charge in [-0.15, -0.1) is 0 Å². The SMILES string of the molecule is N#Cc1ccc(NS(=O)(=O)c2ccc(NN)cc2)cc1. The standard InChI is InChI=1S/C13H12N4O2S/c14-9-10-1-3-12(4-2-10)17-20(18,19)13-7-5-11(16-15)6-8-13/h1-8,16-17H,15H2. The Labute approximate surface area is 116 Å². The smallest absolute Gasteiger partial charge is 0.261 e. The van der Waals surface area contributed by atoms with Crippen LogP contribution in [0.3, 0.4) is 0 Å². The molecule has 0 saturated heterocycles. The fourth-order valence-electron chi connectivity index (χ4n) is 1.56. The lowest BCUT2D eigenvalue weighted by Crippen LogP contribution is -2.13. The molecule has 0 aliphatic heterocycles. The van der Waals surface area contributed by atoms with Crippen LogP contribution in [0.2, 0.25) is 0 Å². The van der Waals surface area contributed by atoms with Gasteiger partial charge in [-0.1, -0.05) is 0 Å². The monoisotopic (exact) mass is 288 g/mol. The van der Waals surface area contributed by atoms with Gasteiger partial charge in [0.05, 0.1) is 16.5 Å². The summed E-state index contributed by atoms with van der Waals surface area (Å²) in [5.74, 6) is 5.22. The average Bonchev–Trinajstić information content (AvgIpc) is 2.48. The molecule has 0 amide bonds. The summed E-state index contributed by atoms with van der Waals surface area (Å²) in [5.41, 5.74) is 3.89. The topological polar surface area (TPSA) is 108 Å². The Kier molecular flexibility index (Phi) is 3.89. The van der Waals surface area contributed by atoms with Crippen molar-refractivity contribution >= 4 is 21.4 Å². The fourth-order valence-corrected chi connectivity index (χ4v) is 2.62. The third kappa shape index (κ3) is 3.06. The van der Waals surface area contributed by atoms with Crippen LogP contribution in [0.25, 0.3) is 0 Å². The van der Waals surface area contributed by atoms with E-state index in [1.807, 2.05) is 6.07 Å². The molecule has 0 aliphatic rings. The van der Waals surface area contributed by atoms with Crippen molar-refractivity contribution in [3.8, 4) is 6.07 Å². The van der Waals surface area contributed by atoms with E-state index in [-0.39, 0.29) is 4.90 Å². The molecule has 20 heavy (non-hydrogen) atoms. The third-order valence-electron chi connectivity index (χ3n) is 2.60. The molecule has 102 valence electrons. The van der Waals surface area contributed by atoms with E-state index in [2.05, 4.69) is 10.1 Å². The van der Waals surface area contributed by atoms with Gasteiger partial charge in [-0.3, -0.25) is 10.6 Å². The van der Waals surface area contributed by atoms with Crippen LogP contribution in [-0.2, 0) is 10.0 Å². The minimum atomic E-state index is -3.66. The van der Waals surface area contributed by atoms with Crippen LogP contribution >= 0.6 is 0 Å². The number of rotatable bonds is 4. The van der Waals surface area contributed by atoms with Gasteiger partial charge in [-0.05, 0) is 48.5 Å². The van der Waals surface area contributed by atoms with E-state index < -0.39 is 10.0 Å². The largest absolute Gasteiger partial charge is 0.324 e. The zero-order chi connectivity index (χ0) is 14.6. The number of nitrogens with zero attached hydrogens (tertiary/aromatic N) is 1. The second-order valence-corrected chi connectivity index (χ2v) is 5.65. The molecule has 2 aromatic carbocycles. The second-order valence-electron chi connectivity index (χ2n) is 3.96. The summed E-state index contributed by atoms with van der Waals surface area (Å²) in [6, 6.07) is 14.1. The Balaban J connectivity index is 2.23. The lowest BCUT2D eigenvalue weighted by Gasteiger charge is -2.08. The van der Waals surface area contributed by atoms with E-state index in [1.165, 1.54) is 24.3 Å². The lowest BCUT2D eigenvalue weighted by molar-refractivity contribution is 0.601. The summed E-state index contributed by atoms with van der Waals surface area (Å²) in [5, 5.41) is 8.68. The van der Waals surface area contributed by atoms with Gasteiger partial charge < -0.3 is 5.43 Å². The first-order valence-electron chi connectivity index (χ1n) is 5.65. The molecule has 0 unspecified atom stereocenters. The predicted molar refractivity (Wildman–Crippen MR) is 76.2 cm³/mol. The van der Waals surface area contributed by atoms with Crippen LogP contribution in [0, 0.1) is 11.3 Å². The minimum absolute atomic E-state index is 0.126. The number of anilines is 2. The van der Waals surface area contributed by atoms with Crippen molar-refractivity contribution in [2.45, 2.75) is 4.90 Å². The summed E-state index contributed by atoms with van der Waals surface area (Å²) < 4.78 is 26.7. The van der Waals surface area contributed by atoms with Crippen LogP contribution in [0.4, 0.5) is 11.4 Å². The van der Waals surface area contributed by atoms with E-state index in [0.29, 0.717) is 16.9 Å². The van der Waals surface area contributed by atoms with E-state index in [4.69, 9.17) is 11.1 Å². The predicted octanol–water partition coefficient (Wildman–Crippen LogP) is 1.64. The summed E-state index contributed by atoms with van der Waals surface area (Å²) in [6.45, 7) is 0. The molecule has 2 aromatic rings. The number of benzene rings is 2. The van der Waals surface area contributed by atoms with Gasteiger partial charge >= 0.3 is 0 Å². The quantitative estimate of drug-likeness (QED) is 0.585. The number of nitriles is 1. The molecule has 0 fully saturated rings. The van der Waals surface area contributed by atoms with E-state index in [9.17, 15) is 8.42 Å². The number of hydrogen-bond acceptors (Lipinski definition) is 5. The minimum Gasteiger partial charge on any atom is -0.324 e. The normalized spacial score (nSPS) is 10.6. The first-order chi connectivity index (χ1) is 9.55. The first kappa shape index (κ1) is 13.9. The highest BCUT2D eigenvalue weighted by Crippen LogP contribution is 2.18. The summed E-state index contributed by atoms with van der Waals surface area (Å²) >= 11 is 0. The maximum atomic E-state index is 12.1. The molecule has 2 rings (SSSR count). The van der Waals surface area contributed by atoms with Crippen molar-refractivity contribution in [2.75, 3.05) is 10.1 Å². The highest BCUT2D eigenvalue weighted by molar-refractivity contribution is 7.92. The Bertz CT molecular complexity index is 731. The Hall–Kier alpha value is -2.56. The highest BCUT2D eigenvalue weighted by atomic mass is 32.2. The fraction of sp³-hybridized carbons (Fsp3) is 0. The second kappa shape index (κ2) is 5.61. The molecule has 0 aliphatic carbocycles. The van der Waals surface area contributed by atoms with Gasteiger partial charge in [-0.2, -0.15) is 5.26 Å². The van der Waals surface area contributed by atoms with Gasteiger partial charge in [0, 0.05) is 11.4 Å². The van der Waals surface area contributed by atoms with Gasteiger partial charge in [0.2, 0.25) is 0 Å². The van der Waals surface area contributed by atoms with Gasteiger partial charge in [0.15, 0.2) is 0 Å². The van der Waals surface area contributed by atoms with Crippen LogP contribution in [0.5, 0.6) is 0 Å². The molecule has 0 aromatic heterocycles. The molecule has 0 radical (unpaired) electrons. The Morgan fingerprint density at radius 1 is 0.950 bits per heavy atom. The van der Waals surface area contributed by atoms with Gasteiger partial charge in [-0.25, -0.2) is 8.42 Å². The Morgan fingerprint density at radius 3 is 2.00 bits per heavy atom. The third-order valence-corrected chi connectivity index (χ3v) is 3.99. The number of hydrogen-bond donors (Lipinski definition) is 3. The molecule has 0 bridgehead atoms. The molecule has 6 nitrogen and oxygen atoms in total. The maximum Gasteiger partial charge on any atom is 0.261 e. The van der Waals surface area contributed by atoms with Crippen molar-refractivity contribution in [1.82, 2.24) is 0 Å². The Morgan fingerprint density at radius 2 is 1.50 bits per heavy atom. The van der Waals surface area contributed by atoms with E-state index >= 15 is 0 Å².